The van der Waals surface area contributed by atoms with Crippen LogP contribution in [0.1, 0.15) is 11.1 Å². The zero-order valence-corrected chi connectivity index (χ0v) is 13.6. The van der Waals surface area contributed by atoms with Crippen molar-refractivity contribution in [2.24, 2.45) is 0 Å². The molecule has 1 unspecified atom stereocenters. The van der Waals surface area contributed by atoms with Crippen LogP contribution in [-0.4, -0.2) is 19.7 Å². The molecule has 2 aromatic carbocycles. The van der Waals surface area contributed by atoms with Crippen molar-refractivity contribution in [2.45, 2.75) is 19.4 Å². The van der Waals surface area contributed by atoms with Crippen LogP contribution >= 0.6 is 23.2 Å². The van der Waals surface area contributed by atoms with Gasteiger partial charge in [-0.15, -0.1) is 0 Å². The lowest BCUT2D eigenvalue weighted by atomic mass is 9.98. The Balaban J connectivity index is 2.11. The Morgan fingerprint density at radius 3 is 2.76 bits per heavy atom. The van der Waals surface area contributed by atoms with Gasteiger partial charge in [-0.3, -0.25) is 0 Å². The number of likely N-dealkylation sites (N-methyl/N-ethyl adjacent to an activating group) is 1. The highest BCUT2D eigenvalue weighted by Crippen LogP contribution is 2.42. The molecule has 0 saturated carbocycles. The molecule has 0 fully saturated rings. The maximum Gasteiger partial charge on any atom is 0.131 e. The summed E-state index contributed by atoms with van der Waals surface area (Å²) in [6, 6.07) is 9.82. The number of aryl methyl sites for hydroxylation is 1. The number of rotatable bonds is 3. The van der Waals surface area contributed by atoms with Gasteiger partial charge in [0.1, 0.15) is 11.9 Å². The van der Waals surface area contributed by atoms with Crippen molar-refractivity contribution in [2.75, 3.05) is 13.6 Å². The molecule has 0 spiro atoms. The molecule has 0 amide bonds. The van der Waals surface area contributed by atoms with E-state index in [1.807, 2.05) is 19.2 Å². The minimum absolute atomic E-state index is 0.170. The maximum absolute atomic E-state index is 6.36. The van der Waals surface area contributed by atoms with E-state index < -0.39 is 0 Å². The van der Waals surface area contributed by atoms with Gasteiger partial charge >= 0.3 is 0 Å². The normalized spacial score (nSPS) is 16.7. The molecule has 4 heteroatoms. The Labute approximate surface area is 135 Å². The van der Waals surface area contributed by atoms with E-state index in [2.05, 4.69) is 24.4 Å². The molecule has 0 radical (unpaired) electrons. The molecule has 0 bridgehead atoms. The van der Waals surface area contributed by atoms with E-state index in [0.29, 0.717) is 10.0 Å². The molecule has 1 atom stereocenters. The van der Waals surface area contributed by atoms with Crippen LogP contribution in [0.25, 0.3) is 11.1 Å². The third-order valence-electron chi connectivity index (χ3n) is 3.69. The largest absolute Gasteiger partial charge is 0.488 e. The lowest BCUT2D eigenvalue weighted by Gasteiger charge is -2.14. The summed E-state index contributed by atoms with van der Waals surface area (Å²) in [6.45, 7) is 2.92. The second-order valence-electron chi connectivity index (χ2n) is 5.43. The Bertz CT molecular complexity index is 685. The van der Waals surface area contributed by atoms with Crippen LogP contribution in [0.4, 0.5) is 0 Å². The van der Waals surface area contributed by atoms with E-state index in [1.165, 1.54) is 11.1 Å². The molecule has 2 nitrogen and oxygen atoms in total. The van der Waals surface area contributed by atoms with E-state index in [9.17, 15) is 0 Å². The Hall–Kier alpha value is -1.22. The van der Waals surface area contributed by atoms with Crippen LogP contribution in [0.15, 0.2) is 30.3 Å². The van der Waals surface area contributed by atoms with Gasteiger partial charge in [0.25, 0.3) is 0 Å². The summed E-state index contributed by atoms with van der Waals surface area (Å²) in [4.78, 5) is 0. The van der Waals surface area contributed by atoms with Crippen LogP contribution in [0, 0.1) is 6.92 Å². The Morgan fingerprint density at radius 1 is 1.19 bits per heavy atom. The van der Waals surface area contributed by atoms with Gasteiger partial charge in [0.15, 0.2) is 0 Å². The average Bonchev–Trinajstić information content (AvgIpc) is 2.83. The Kier molecular flexibility index (Phi) is 4.12. The summed E-state index contributed by atoms with van der Waals surface area (Å²) in [5.74, 6) is 0.935. The van der Waals surface area contributed by atoms with Crippen LogP contribution in [-0.2, 0) is 6.42 Å². The highest BCUT2D eigenvalue weighted by Gasteiger charge is 2.26. The van der Waals surface area contributed by atoms with Crippen molar-refractivity contribution in [1.29, 1.82) is 0 Å². The topological polar surface area (TPSA) is 21.3 Å². The number of hydrogen-bond donors (Lipinski definition) is 1. The summed E-state index contributed by atoms with van der Waals surface area (Å²) in [5.41, 5.74) is 4.39. The molecule has 1 N–H and O–H groups in total. The van der Waals surface area contributed by atoms with Crippen molar-refractivity contribution in [3.63, 3.8) is 0 Å². The molecule has 1 aliphatic heterocycles. The first-order valence-corrected chi connectivity index (χ1v) is 7.74. The van der Waals surface area contributed by atoms with Crippen LogP contribution in [0.5, 0.6) is 5.75 Å². The van der Waals surface area contributed by atoms with Crippen molar-refractivity contribution in [3.8, 4) is 16.9 Å². The molecule has 0 saturated heterocycles. The SMILES string of the molecule is CNCC1Cc2cc(C)cc(-c3cc(Cl)ccc3Cl)c2O1. The maximum atomic E-state index is 6.36. The minimum Gasteiger partial charge on any atom is -0.488 e. The van der Waals surface area contributed by atoms with E-state index in [0.717, 1.165) is 29.8 Å². The number of halogens is 2. The van der Waals surface area contributed by atoms with E-state index in [4.69, 9.17) is 27.9 Å². The smallest absolute Gasteiger partial charge is 0.131 e. The fourth-order valence-corrected chi connectivity index (χ4v) is 3.23. The number of hydrogen-bond acceptors (Lipinski definition) is 2. The summed E-state index contributed by atoms with van der Waals surface area (Å²) >= 11 is 12.5. The number of nitrogens with one attached hydrogen (secondary N) is 1. The molecule has 3 rings (SSSR count). The first-order valence-electron chi connectivity index (χ1n) is 6.98. The number of fused-ring (bicyclic) bond motifs is 1. The molecule has 0 aromatic heterocycles. The first kappa shape index (κ1) is 14.7. The summed E-state index contributed by atoms with van der Waals surface area (Å²) in [5, 5.41) is 4.53. The summed E-state index contributed by atoms with van der Waals surface area (Å²) < 4.78 is 6.12. The van der Waals surface area contributed by atoms with E-state index in [-0.39, 0.29) is 6.10 Å². The lowest BCUT2D eigenvalue weighted by molar-refractivity contribution is 0.232. The lowest BCUT2D eigenvalue weighted by Crippen LogP contribution is -2.27. The zero-order chi connectivity index (χ0) is 15.0. The molecular weight excluding hydrogens is 305 g/mol. The number of ether oxygens (including phenoxy) is 1. The highest BCUT2D eigenvalue weighted by molar-refractivity contribution is 6.35. The molecule has 21 heavy (non-hydrogen) atoms. The van der Waals surface area contributed by atoms with Gasteiger partial charge in [0.05, 0.1) is 0 Å². The van der Waals surface area contributed by atoms with Crippen LogP contribution < -0.4 is 10.1 Å². The molecule has 2 aromatic rings. The molecule has 1 aliphatic rings. The second kappa shape index (κ2) is 5.88. The average molecular weight is 322 g/mol. The monoisotopic (exact) mass is 321 g/mol. The van der Waals surface area contributed by atoms with Gasteiger partial charge < -0.3 is 10.1 Å². The Morgan fingerprint density at radius 2 is 2.00 bits per heavy atom. The van der Waals surface area contributed by atoms with Gasteiger partial charge in [-0.1, -0.05) is 29.3 Å². The molecule has 110 valence electrons. The predicted octanol–water partition coefficient (Wildman–Crippen LogP) is 4.49. The fraction of sp³-hybridized carbons (Fsp3) is 0.294. The first-order chi connectivity index (χ1) is 10.1. The third-order valence-corrected chi connectivity index (χ3v) is 4.26. The second-order valence-corrected chi connectivity index (χ2v) is 6.27. The van der Waals surface area contributed by atoms with Gasteiger partial charge in [-0.05, 0) is 49.4 Å². The van der Waals surface area contributed by atoms with Gasteiger partial charge in [0.2, 0.25) is 0 Å². The zero-order valence-electron chi connectivity index (χ0n) is 12.0. The molecule has 1 heterocycles. The molecular formula is C17H17Cl2NO. The van der Waals surface area contributed by atoms with E-state index in [1.54, 1.807) is 6.07 Å². The summed E-state index contributed by atoms with van der Waals surface area (Å²) in [6.07, 6.45) is 1.09. The number of benzene rings is 2. The molecule has 0 aliphatic carbocycles. The van der Waals surface area contributed by atoms with E-state index >= 15 is 0 Å². The fourth-order valence-electron chi connectivity index (χ4n) is 2.84. The van der Waals surface area contributed by atoms with Crippen molar-refractivity contribution in [3.05, 3.63) is 51.5 Å². The van der Waals surface area contributed by atoms with Crippen LogP contribution in [0.3, 0.4) is 0 Å². The van der Waals surface area contributed by atoms with Gasteiger partial charge in [-0.25, -0.2) is 0 Å². The van der Waals surface area contributed by atoms with Gasteiger partial charge in [-0.2, -0.15) is 0 Å². The van der Waals surface area contributed by atoms with Crippen LogP contribution in [0.2, 0.25) is 10.0 Å². The highest BCUT2D eigenvalue weighted by atomic mass is 35.5. The predicted molar refractivity (Wildman–Crippen MR) is 88.7 cm³/mol. The quantitative estimate of drug-likeness (QED) is 0.899. The van der Waals surface area contributed by atoms with Crippen molar-refractivity contribution in [1.82, 2.24) is 5.32 Å². The summed E-state index contributed by atoms with van der Waals surface area (Å²) in [7, 11) is 1.94. The van der Waals surface area contributed by atoms with Crippen molar-refractivity contribution < 1.29 is 4.74 Å². The standard InChI is InChI=1S/C17H17Cl2NO/c1-10-5-11-7-13(9-20-2)21-17(11)15(6-10)14-8-12(18)3-4-16(14)19/h3-6,8,13,20H,7,9H2,1-2H3. The van der Waals surface area contributed by atoms with Gasteiger partial charge in [0, 0.05) is 34.1 Å². The third kappa shape index (κ3) is 2.89. The van der Waals surface area contributed by atoms with Crippen molar-refractivity contribution >= 4 is 23.2 Å². The minimum atomic E-state index is 0.170.